The van der Waals surface area contributed by atoms with Crippen molar-refractivity contribution in [2.75, 3.05) is 12.4 Å². The number of rotatable bonds is 6. The van der Waals surface area contributed by atoms with Crippen LogP contribution in [0.3, 0.4) is 0 Å². The topological polar surface area (TPSA) is 39.9 Å². The first-order valence-corrected chi connectivity index (χ1v) is 8.74. The molecule has 4 nitrogen and oxygen atoms in total. The summed E-state index contributed by atoms with van der Waals surface area (Å²) >= 11 is 11.0. The average molecular weight is 391 g/mol. The largest absolute Gasteiger partial charge is 0.492 e. The van der Waals surface area contributed by atoms with Crippen LogP contribution in [0.4, 0.5) is 0 Å². The van der Waals surface area contributed by atoms with Gasteiger partial charge in [0.15, 0.2) is 5.16 Å². The van der Waals surface area contributed by atoms with Crippen LogP contribution in [0.1, 0.15) is 25.6 Å². The van der Waals surface area contributed by atoms with Gasteiger partial charge in [0, 0.05) is 23.7 Å². The second-order valence-corrected chi connectivity index (χ2v) is 7.18. The van der Waals surface area contributed by atoms with E-state index in [4.69, 9.17) is 16.3 Å². The lowest BCUT2D eigenvalue weighted by Gasteiger charge is -2.08. The van der Waals surface area contributed by atoms with Crippen molar-refractivity contribution in [1.82, 2.24) is 14.8 Å². The van der Waals surface area contributed by atoms with Gasteiger partial charge in [-0.2, -0.15) is 0 Å². The highest BCUT2D eigenvalue weighted by Crippen LogP contribution is 2.28. The van der Waals surface area contributed by atoms with Gasteiger partial charge in [0.25, 0.3) is 0 Å². The van der Waals surface area contributed by atoms with Crippen molar-refractivity contribution >= 4 is 39.3 Å². The standard InChI is InChI=1S/C14H17BrClN3OS/c1-9(2)13-17-18-14(19(13)3)21-7-6-20-12-5-4-10(16)8-11(12)15/h4-5,8-9H,6-7H2,1-3H3. The molecule has 0 bridgehead atoms. The molecule has 1 aromatic carbocycles. The Morgan fingerprint density at radius 2 is 2.14 bits per heavy atom. The van der Waals surface area contributed by atoms with Crippen molar-refractivity contribution in [2.24, 2.45) is 7.05 Å². The van der Waals surface area contributed by atoms with Crippen LogP contribution in [-0.4, -0.2) is 27.1 Å². The molecule has 0 aliphatic heterocycles. The highest BCUT2D eigenvalue weighted by Gasteiger charge is 2.12. The maximum Gasteiger partial charge on any atom is 0.191 e. The molecule has 7 heteroatoms. The smallest absolute Gasteiger partial charge is 0.191 e. The van der Waals surface area contributed by atoms with Gasteiger partial charge in [0.2, 0.25) is 0 Å². The molecule has 0 radical (unpaired) electrons. The Labute approximate surface area is 142 Å². The van der Waals surface area contributed by atoms with Gasteiger partial charge >= 0.3 is 0 Å². The quantitative estimate of drug-likeness (QED) is 0.537. The van der Waals surface area contributed by atoms with Crippen LogP contribution in [0.15, 0.2) is 27.8 Å². The fourth-order valence-electron chi connectivity index (χ4n) is 1.83. The Hall–Kier alpha value is -0.720. The lowest BCUT2D eigenvalue weighted by Crippen LogP contribution is -2.04. The zero-order valence-electron chi connectivity index (χ0n) is 12.1. The maximum absolute atomic E-state index is 5.90. The third kappa shape index (κ3) is 4.37. The van der Waals surface area contributed by atoms with Crippen molar-refractivity contribution in [3.8, 4) is 5.75 Å². The molecule has 21 heavy (non-hydrogen) atoms. The van der Waals surface area contributed by atoms with E-state index >= 15 is 0 Å². The number of hydrogen-bond acceptors (Lipinski definition) is 4. The first-order chi connectivity index (χ1) is 9.99. The van der Waals surface area contributed by atoms with Gasteiger partial charge in [0.05, 0.1) is 11.1 Å². The van der Waals surface area contributed by atoms with E-state index in [0.717, 1.165) is 27.0 Å². The molecule has 114 valence electrons. The highest BCUT2D eigenvalue weighted by atomic mass is 79.9. The van der Waals surface area contributed by atoms with Gasteiger partial charge < -0.3 is 9.30 Å². The second kappa shape index (κ2) is 7.51. The molecule has 0 aliphatic carbocycles. The minimum atomic E-state index is 0.373. The van der Waals surface area contributed by atoms with Gasteiger partial charge in [-0.3, -0.25) is 0 Å². The number of ether oxygens (including phenoxy) is 1. The molecule has 0 amide bonds. The molecule has 0 unspecified atom stereocenters. The molecular formula is C14H17BrClN3OS. The van der Waals surface area contributed by atoms with Crippen molar-refractivity contribution in [3.05, 3.63) is 33.5 Å². The first kappa shape index (κ1) is 16.6. The zero-order chi connectivity index (χ0) is 15.4. The van der Waals surface area contributed by atoms with Crippen molar-refractivity contribution in [3.63, 3.8) is 0 Å². The average Bonchev–Trinajstić information content (AvgIpc) is 2.78. The molecule has 2 aromatic rings. The third-order valence-electron chi connectivity index (χ3n) is 2.85. The van der Waals surface area contributed by atoms with Crippen LogP contribution in [-0.2, 0) is 7.05 Å². The first-order valence-electron chi connectivity index (χ1n) is 6.59. The van der Waals surface area contributed by atoms with Crippen LogP contribution in [0.5, 0.6) is 5.75 Å². The van der Waals surface area contributed by atoms with Crippen LogP contribution in [0.25, 0.3) is 0 Å². The van der Waals surface area contributed by atoms with Gasteiger partial charge in [-0.05, 0) is 34.1 Å². The number of aromatic nitrogens is 3. The molecule has 2 rings (SSSR count). The zero-order valence-corrected chi connectivity index (χ0v) is 15.3. The van der Waals surface area contributed by atoms with Crippen LogP contribution < -0.4 is 4.74 Å². The summed E-state index contributed by atoms with van der Waals surface area (Å²) in [6, 6.07) is 5.49. The van der Waals surface area contributed by atoms with Crippen LogP contribution in [0.2, 0.25) is 5.02 Å². The molecule has 0 aliphatic rings. The summed E-state index contributed by atoms with van der Waals surface area (Å²) in [5.74, 6) is 2.97. The third-order valence-corrected chi connectivity index (χ3v) is 4.69. The molecule has 1 heterocycles. The van der Waals surface area contributed by atoms with E-state index in [-0.39, 0.29) is 0 Å². The molecule has 0 fully saturated rings. The van der Waals surface area contributed by atoms with Crippen molar-refractivity contribution in [1.29, 1.82) is 0 Å². The normalized spacial score (nSPS) is 11.1. The number of thioether (sulfide) groups is 1. The summed E-state index contributed by atoms with van der Waals surface area (Å²) in [5, 5.41) is 10.0. The minimum absolute atomic E-state index is 0.373. The highest BCUT2D eigenvalue weighted by molar-refractivity contribution is 9.10. The predicted octanol–water partition coefficient (Wildman–Crippen LogP) is 4.53. The number of halogens is 2. The maximum atomic E-state index is 5.90. The van der Waals surface area contributed by atoms with E-state index in [0.29, 0.717) is 17.5 Å². The fraction of sp³-hybridized carbons (Fsp3) is 0.429. The van der Waals surface area contributed by atoms with Gasteiger partial charge in [0.1, 0.15) is 11.6 Å². The Morgan fingerprint density at radius 3 is 2.76 bits per heavy atom. The van der Waals surface area contributed by atoms with E-state index in [1.807, 2.05) is 29.8 Å². The predicted molar refractivity (Wildman–Crippen MR) is 90.5 cm³/mol. The second-order valence-electron chi connectivity index (χ2n) is 4.83. The Kier molecular flexibility index (Phi) is 5.96. The molecule has 0 saturated heterocycles. The van der Waals surface area contributed by atoms with Crippen molar-refractivity contribution in [2.45, 2.75) is 24.9 Å². The molecule has 0 spiro atoms. The minimum Gasteiger partial charge on any atom is -0.492 e. The molecular weight excluding hydrogens is 374 g/mol. The number of hydrogen-bond donors (Lipinski definition) is 0. The van der Waals surface area contributed by atoms with Crippen LogP contribution in [0, 0.1) is 0 Å². The lowest BCUT2D eigenvalue weighted by molar-refractivity contribution is 0.341. The Balaban J connectivity index is 1.85. The fourth-order valence-corrected chi connectivity index (χ4v) is 3.36. The molecule has 1 aromatic heterocycles. The monoisotopic (exact) mass is 389 g/mol. The Bertz CT molecular complexity index is 618. The SMILES string of the molecule is CC(C)c1nnc(SCCOc2ccc(Cl)cc2Br)n1C. The van der Waals surface area contributed by atoms with Crippen LogP contribution >= 0.6 is 39.3 Å². The summed E-state index contributed by atoms with van der Waals surface area (Å²) in [6.45, 7) is 4.81. The van der Waals surface area contributed by atoms with E-state index in [1.54, 1.807) is 11.8 Å². The van der Waals surface area contributed by atoms with Gasteiger partial charge in [-0.15, -0.1) is 10.2 Å². The molecule has 0 saturated carbocycles. The molecule has 0 N–H and O–H groups in total. The van der Waals surface area contributed by atoms with Gasteiger partial charge in [-0.1, -0.05) is 37.2 Å². The number of benzene rings is 1. The van der Waals surface area contributed by atoms with Gasteiger partial charge in [-0.25, -0.2) is 0 Å². The summed E-state index contributed by atoms with van der Waals surface area (Å²) < 4.78 is 8.62. The summed E-state index contributed by atoms with van der Waals surface area (Å²) in [5.41, 5.74) is 0. The summed E-state index contributed by atoms with van der Waals surface area (Å²) in [4.78, 5) is 0. The van der Waals surface area contributed by atoms with E-state index in [2.05, 4.69) is 40.0 Å². The summed E-state index contributed by atoms with van der Waals surface area (Å²) in [7, 11) is 1.99. The Morgan fingerprint density at radius 1 is 1.38 bits per heavy atom. The van der Waals surface area contributed by atoms with Crippen molar-refractivity contribution < 1.29 is 4.74 Å². The number of nitrogens with zero attached hydrogens (tertiary/aromatic N) is 3. The van der Waals surface area contributed by atoms with E-state index < -0.39 is 0 Å². The molecule has 0 atom stereocenters. The van der Waals surface area contributed by atoms with E-state index in [9.17, 15) is 0 Å². The van der Waals surface area contributed by atoms with E-state index in [1.165, 1.54) is 0 Å². The summed E-state index contributed by atoms with van der Waals surface area (Å²) in [6.07, 6.45) is 0. The lowest BCUT2D eigenvalue weighted by atomic mass is 10.2.